The van der Waals surface area contributed by atoms with Crippen molar-refractivity contribution in [2.24, 2.45) is 0 Å². The van der Waals surface area contributed by atoms with E-state index in [-0.39, 0.29) is 41.8 Å². The second kappa shape index (κ2) is 1.54. The van der Waals surface area contributed by atoms with E-state index in [0.717, 1.165) is 7.93 Å². The van der Waals surface area contributed by atoms with Gasteiger partial charge in [-0.1, -0.05) is 0 Å². The Bertz CT molecular complexity index is 203. The Kier molecular flexibility index (Phi) is 0.997. The molecule has 0 N–H and O–H groups in total. The SMILES string of the molecule is FC12C=CC3[Te]C3C1[Te]2. The normalized spacial score (nSPS) is 66.6. The first kappa shape index (κ1) is 5.84. The van der Waals surface area contributed by atoms with Gasteiger partial charge in [0.2, 0.25) is 0 Å². The van der Waals surface area contributed by atoms with E-state index < -0.39 is 3.72 Å². The molecule has 0 spiro atoms. The number of allylic oxidation sites excluding steroid dienone is 2. The molecule has 0 bridgehead atoms. The van der Waals surface area contributed by atoms with Gasteiger partial charge in [0, 0.05) is 0 Å². The minimum absolute atomic E-state index is 0.194. The van der Waals surface area contributed by atoms with E-state index in [1.807, 2.05) is 6.08 Å². The third-order valence-corrected chi connectivity index (χ3v) is 11.4. The van der Waals surface area contributed by atoms with Gasteiger partial charge in [-0.3, -0.25) is 0 Å². The van der Waals surface area contributed by atoms with Crippen molar-refractivity contribution in [3.63, 3.8) is 0 Å². The van der Waals surface area contributed by atoms with Crippen LogP contribution in [0.3, 0.4) is 0 Å². The monoisotopic (exact) mass is 356 g/mol. The average Bonchev–Trinajstić information content (AvgIpc) is 2.52. The van der Waals surface area contributed by atoms with Gasteiger partial charge in [-0.2, -0.15) is 0 Å². The molecule has 48 valence electrons. The van der Waals surface area contributed by atoms with E-state index in [0.29, 0.717) is 3.97 Å². The number of halogens is 1. The van der Waals surface area contributed by atoms with Crippen LogP contribution in [0.15, 0.2) is 12.2 Å². The van der Waals surface area contributed by atoms with Crippen LogP contribution in [0.1, 0.15) is 0 Å². The molecule has 0 aromatic rings. The summed E-state index contributed by atoms with van der Waals surface area (Å²) >= 11 is 0.0951. The van der Waals surface area contributed by atoms with Crippen LogP contribution in [0.25, 0.3) is 0 Å². The number of fused-ring (bicyclic) bond motifs is 3. The van der Waals surface area contributed by atoms with E-state index in [9.17, 15) is 4.39 Å². The summed E-state index contributed by atoms with van der Waals surface area (Å²) in [5.41, 5.74) is 0. The van der Waals surface area contributed by atoms with Crippen LogP contribution in [-0.4, -0.2) is 45.6 Å². The molecule has 2 saturated heterocycles. The van der Waals surface area contributed by atoms with E-state index in [4.69, 9.17) is 0 Å². The van der Waals surface area contributed by atoms with E-state index in [1.165, 1.54) is 0 Å². The van der Waals surface area contributed by atoms with Crippen molar-refractivity contribution in [3.05, 3.63) is 12.2 Å². The predicted octanol–water partition coefficient (Wildman–Crippen LogP) is 1.02. The van der Waals surface area contributed by atoms with Crippen molar-refractivity contribution >= 4 is 41.8 Å². The molecule has 4 atom stereocenters. The second-order valence-corrected chi connectivity index (χ2v) is 10.5. The Balaban J connectivity index is 2.04. The van der Waals surface area contributed by atoms with Gasteiger partial charge in [-0.15, -0.1) is 0 Å². The summed E-state index contributed by atoms with van der Waals surface area (Å²) in [6, 6.07) is 0. The van der Waals surface area contributed by atoms with Crippen LogP contribution in [0.4, 0.5) is 4.39 Å². The molecule has 0 saturated carbocycles. The topological polar surface area (TPSA) is 0 Å². The van der Waals surface area contributed by atoms with Crippen molar-refractivity contribution in [2.45, 2.75) is 15.6 Å². The summed E-state index contributed by atoms with van der Waals surface area (Å²) in [6.45, 7) is 0. The van der Waals surface area contributed by atoms with Crippen molar-refractivity contribution in [2.75, 3.05) is 0 Å². The molecule has 0 radical (unpaired) electrons. The first-order valence-electron chi connectivity index (χ1n) is 3.01. The van der Waals surface area contributed by atoms with Crippen LogP contribution in [0.2, 0.25) is 11.9 Å². The van der Waals surface area contributed by atoms with Crippen molar-refractivity contribution in [1.82, 2.24) is 0 Å². The van der Waals surface area contributed by atoms with E-state index >= 15 is 0 Å². The van der Waals surface area contributed by atoms with E-state index in [2.05, 4.69) is 6.08 Å². The van der Waals surface area contributed by atoms with Gasteiger partial charge in [0.25, 0.3) is 0 Å². The van der Waals surface area contributed by atoms with Gasteiger partial charge in [0.1, 0.15) is 0 Å². The third kappa shape index (κ3) is 0.705. The van der Waals surface area contributed by atoms with Crippen LogP contribution < -0.4 is 0 Å². The summed E-state index contributed by atoms with van der Waals surface area (Å²) in [6.07, 6.45) is 4.06. The van der Waals surface area contributed by atoms with Gasteiger partial charge < -0.3 is 0 Å². The molecule has 1 aliphatic carbocycles. The molecule has 0 nitrogen and oxygen atoms in total. The van der Waals surface area contributed by atoms with Gasteiger partial charge in [-0.25, -0.2) is 0 Å². The second-order valence-electron chi connectivity index (χ2n) is 2.66. The number of hydrogen-bond acceptors (Lipinski definition) is 0. The standard InChI is InChI=1S/C6H5FTe2/c7-6-2-1-3-4(8-3)5(6)9-6/h1-5H. The maximum atomic E-state index is 13.2. The van der Waals surface area contributed by atoms with Crippen molar-refractivity contribution in [3.8, 4) is 0 Å². The number of rotatable bonds is 0. The fourth-order valence-electron chi connectivity index (χ4n) is 1.35. The van der Waals surface area contributed by atoms with Crippen LogP contribution >= 0.6 is 0 Å². The van der Waals surface area contributed by atoms with Gasteiger partial charge in [-0.05, 0) is 0 Å². The summed E-state index contributed by atoms with van der Waals surface area (Å²) in [5, 5.41) is 0. The Morgan fingerprint density at radius 1 is 1.56 bits per heavy atom. The molecule has 4 unspecified atom stereocenters. The van der Waals surface area contributed by atoms with Crippen LogP contribution in [-0.2, 0) is 0 Å². The zero-order valence-electron chi connectivity index (χ0n) is 4.58. The molecule has 0 amide bonds. The Morgan fingerprint density at radius 3 is 3.22 bits per heavy atom. The molecule has 3 rings (SSSR count). The molecule has 2 aliphatic heterocycles. The predicted molar refractivity (Wildman–Crippen MR) is 35.7 cm³/mol. The molecule has 2 fully saturated rings. The molecule has 0 aromatic carbocycles. The first-order chi connectivity index (χ1) is 4.30. The van der Waals surface area contributed by atoms with Gasteiger partial charge in [0.05, 0.1) is 0 Å². The van der Waals surface area contributed by atoms with Gasteiger partial charge >= 0.3 is 74.0 Å². The molecule has 3 aliphatic rings. The average molecular weight is 351 g/mol. The van der Waals surface area contributed by atoms with Crippen LogP contribution in [0, 0.1) is 0 Å². The molecule has 9 heavy (non-hydrogen) atoms. The Hall–Kier alpha value is 1.25. The number of hydrogen-bond donors (Lipinski definition) is 0. The fourth-order valence-corrected chi connectivity index (χ4v) is 11.2. The van der Waals surface area contributed by atoms with Crippen molar-refractivity contribution in [1.29, 1.82) is 0 Å². The van der Waals surface area contributed by atoms with Crippen molar-refractivity contribution < 1.29 is 4.39 Å². The number of alkyl halides is 1. The fraction of sp³-hybridized carbons (Fsp3) is 0.667. The van der Waals surface area contributed by atoms with Gasteiger partial charge in [0.15, 0.2) is 0 Å². The quantitative estimate of drug-likeness (QED) is 0.452. The third-order valence-electron chi connectivity index (χ3n) is 2.01. The summed E-state index contributed by atoms with van der Waals surface area (Å²) < 4.78 is 15.1. The molecular formula is C6H5FTe2. The maximum absolute atomic E-state index is 13.2. The molecule has 0 aromatic heterocycles. The summed E-state index contributed by atoms with van der Waals surface area (Å²) in [4.78, 5) is 0. The molecular weight excluding hydrogens is 346 g/mol. The summed E-state index contributed by atoms with van der Waals surface area (Å²) in [7, 11) is 0. The Labute approximate surface area is 73.4 Å². The molecule has 3 heteroatoms. The van der Waals surface area contributed by atoms with Crippen LogP contribution in [0.5, 0.6) is 0 Å². The minimum atomic E-state index is -0.659. The Morgan fingerprint density at radius 2 is 2.44 bits per heavy atom. The first-order valence-corrected chi connectivity index (χ1v) is 8.21. The zero-order chi connectivity index (χ0) is 6.06. The zero-order valence-corrected chi connectivity index (χ0v) is 9.24. The summed E-state index contributed by atoms with van der Waals surface area (Å²) in [5.74, 6) is 0. The molecule has 2 heterocycles. The van der Waals surface area contributed by atoms with E-state index in [1.54, 1.807) is 0 Å².